The number of hydrogen-bond acceptors (Lipinski definition) is 5. The summed E-state index contributed by atoms with van der Waals surface area (Å²) >= 11 is 0. The lowest BCUT2D eigenvalue weighted by atomic mass is 10.2. The Morgan fingerprint density at radius 3 is 3.22 bits per heavy atom. The third kappa shape index (κ3) is 2.23. The van der Waals surface area contributed by atoms with Crippen molar-refractivity contribution in [3.05, 3.63) is 42.3 Å². The van der Waals surface area contributed by atoms with Gasteiger partial charge in [-0.2, -0.15) is 4.98 Å². The van der Waals surface area contributed by atoms with Crippen LogP contribution in [0.25, 0.3) is 11.0 Å². The average Bonchev–Trinajstić information content (AvgIpc) is 3.04. The van der Waals surface area contributed by atoms with Crippen molar-refractivity contribution in [2.45, 2.75) is 13.0 Å². The van der Waals surface area contributed by atoms with E-state index in [9.17, 15) is 0 Å². The Labute approximate surface area is 103 Å². The van der Waals surface area contributed by atoms with Crippen molar-refractivity contribution in [2.75, 3.05) is 6.54 Å². The van der Waals surface area contributed by atoms with Gasteiger partial charge in [-0.15, -0.1) is 0 Å². The first kappa shape index (κ1) is 10.9. The van der Waals surface area contributed by atoms with Crippen molar-refractivity contribution < 1.29 is 4.52 Å². The molecule has 3 rings (SSSR count). The molecule has 3 aromatic heterocycles. The molecule has 6 nitrogen and oxygen atoms in total. The lowest BCUT2D eigenvalue weighted by Crippen LogP contribution is -2.16. The molecular weight excluding hydrogens is 230 g/mol. The van der Waals surface area contributed by atoms with Crippen LogP contribution < -0.4 is 5.32 Å². The van der Waals surface area contributed by atoms with E-state index >= 15 is 0 Å². The Morgan fingerprint density at radius 2 is 2.33 bits per heavy atom. The number of H-pyrrole nitrogens is 1. The zero-order valence-electron chi connectivity index (χ0n) is 9.76. The van der Waals surface area contributed by atoms with Gasteiger partial charge in [0, 0.05) is 37.3 Å². The summed E-state index contributed by atoms with van der Waals surface area (Å²) < 4.78 is 4.92. The third-order valence-electron chi connectivity index (χ3n) is 2.77. The van der Waals surface area contributed by atoms with Crippen molar-refractivity contribution in [1.29, 1.82) is 0 Å². The van der Waals surface area contributed by atoms with E-state index in [0.29, 0.717) is 5.89 Å². The van der Waals surface area contributed by atoms with Crippen molar-refractivity contribution in [3.8, 4) is 0 Å². The van der Waals surface area contributed by atoms with Crippen LogP contribution in [0.5, 0.6) is 0 Å². The highest BCUT2D eigenvalue weighted by molar-refractivity contribution is 5.79. The fourth-order valence-electron chi connectivity index (χ4n) is 1.88. The number of aromatic amines is 1. The van der Waals surface area contributed by atoms with Crippen LogP contribution in [0.4, 0.5) is 0 Å². The quantitative estimate of drug-likeness (QED) is 0.660. The Hall–Kier alpha value is -2.21. The van der Waals surface area contributed by atoms with Crippen LogP contribution in [0.15, 0.2) is 35.4 Å². The number of hydrogen-bond donors (Lipinski definition) is 2. The molecule has 0 aliphatic rings. The minimum atomic E-state index is 0.656. The van der Waals surface area contributed by atoms with E-state index in [1.54, 1.807) is 6.20 Å². The van der Waals surface area contributed by atoms with Gasteiger partial charge < -0.3 is 14.8 Å². The van der Waals surface area contributed by atoms with Crippen molar-refractivity contribution >= 4 is 11.0 Å². The zero-order chi connectivity index (χ0) is 12.2. The Balaban J connectivity index is 1.57. The molecule has 0 spiro atoms. The molecule has 0 amide bonds. The maximum absolute atomic E-state index is 4.92. The summed E-state index contributed by atoms with van der Waals surface area (Å²) in [5.74, 6) is 0.656. The first-order valence-corrected chi connectivity index (χ1v) is 5.81. The summed E-state index contributed by atoms with van der Waals surface area (Å²) in [6.45, 7) is 1.59. The van der Waals surface area contributed by atoms with Crippen molar-refractivity contribution in [3.63, 3.8) is 0 Å². The van der Waals surface area contributed by atoms with Gasteiger partial charge in [0.05, 0.1) is 0 Å². The highest BCUT2D eigenvalue weighted by atomic mass is 16.5. The fraction of sp³-hybridized carbons (Fsp3) is 0.250. The second kappa shape index (κ2) is 4.97. The largest absolute Gasteiger partial charge is 0.346 e. The molecule has 0 aliphatic carbocycles. The maximum Gasteiger partial charge on any atom is 0.227 e. The predicted octanol–water partition coefficient (Wildman–Crippen LogP) is 1.28. The summed E-state index contributed by atoms with van der Waals surface area (Å²) in [5, 5.41) is 8.06. The topological polar surface area (TPSA) is 79.6 Å². The molecule has 0 atom stereocenters. The van der Waals surface area contributed by atoms with Gasteiger partial charge >= 0.3 is 0 Å². The second-order valence-electron chi connectivity index (χ2n) is 3.98. The van der Waals surface area contributed by atoms with Crippen LogP contribution in [0.2, 0.25) is 0 Å². The molecule has 0 unspecified atom stereocenters. The maximum atomic E-state index is 4.92. The van der Waals surface area contributed by atoms with Gasteiger partial charge in [0.25, 0.3) is 0 Å². The lowest BCUT2D eigenvalue weighted by molar-refractivity contribution is 0.375. The summed E-state index contributed by atoms with van der Waals surface area (Å²) in [7, 11) is 0. The van der Waals surface area contributed by atoms with E-state index < -0.39 is 0 Å². The van der Waals surface area contributed by atoms with E-state index in [4.69, 9.17) is 4.52 Å². The number of rotatable bonds is 5. The van der Waals surface area contributed by atoms with Gasteiger partial charge in [-0.1, -0.05) is 5.16 Å². The average molecular weight is 243 g/mol. The highest BCUT2D eigenvalue weighted by Gasteiger charge is 2.03. The summed E-state index contributed by atoms with van der Waals surface area (Å²) in [6.07, 6.45) is 5.92. The molecule has 0 aromatic carbocycles. The van der Waals surface area contributed by atoms with E-state index in [1.807, 2.05) is 12.3 Å². The van der Waals surface area contributed by atoms with E-state index in [-0.39, 0.29) is 0 Å². The molecule has 2 N–H and O–H groups in total. The molecule has 0 saturated carbocycles. The lowest BCUT2D eigenvalue weighted by Gasteiger charge is -2.01. The normalized spacial score (nSPS) is 11.1. The molecule has 0 fully saturated rings. The van der Waals surface area contributed by atoms with Gasteiger partial charge in [0.1, 0.15) is 5.65 Å². The van der Waals surface area contributed by atoms with Crippen LogP contribution in [0.3, 0.4) is 0 Å². The summed E-state index contributed by atoms with van der Waals surface area (Å²) in [4.78, 5) is 11.4. The standard InChI is InChI=1S/C12H13N5O/c1-2-10-9(7-15-12(10)14-4-1)6-13-5-3-11-16-8-17-18-11/h1-2,4,7-8,13H,3,5-6H2,(H,14,15). The molecule has 18 heavy (non-hydrogen) atoms. The monoisotopic (exact) mass is 243 g/mol. The van der Waals surface area contributed by atoms with Crippen LogP contribution >= 0.6 is 0 Å². The van der Waals surface area contributed by atoms with E-state index in [0.717, 1.165) is 30.5 Å². The molecule has 3 aromatic rings. The fourth-order valence-corrected chi connectivity index (χ4v) is 1.88. The van der Waals surface area contributed by atoms with E-state index in [1.165, 1.54) is 11.9 Å². The zero-order valence-corrected chi connectivity index (χ0v) is 9.76. The second-order valence-corrected chi connectivity index (χ2v) is 3.98. The van der Waals surface area contributed by atoms with Gasteiger partial charge in [-0.05, 0) is 17.7 Å². The summed E-state index contributed by atoms with van der Waals surface area (Å²) in [5.41, 5.74) is 2.13. The predicted molar refractivity (Wildman–Crippen MR) is 65.8 cm³/mol. The molecule has 0 radical (unpaired) electrons. The first-order chi connectivity index (χ1) is 8.93. The van der Waals surface area contributed by atoms with Gasteiger partial charge in [-0.3, -0.25) is 0 Å². The molecule has 0 bridgehead atoms. The number of nitrogens with zero attached hydrogens (tertiary/aromatic N) is 3. The number of pyridine rings is 1. The van der Waals surface area contributed by atoms with Crippen LogP contribution in [0, 0.1) is 0 Å². The van der Waals surface area contributed by atoms with Gasteiger partial charge in [0.15, 0.2) is 6.33 Å². The van der Waals surface area contributed by atoms with E-state index in [2.05, 4.69) is 31.5 Å². The van der Waals surface area contributed by atoms with Gasteiger partial charge in [-0.25, -0.2) is 4.98 Å². The summed E-state index contributed by atoms with van der Waals surface area (Å²) in [6, 6.07) is 4.01. The third-order valence-corrected chi connectivity index (χ3v) is 2.77. The molecule has 3 heterocycles. The Morgan fingerprint density at radius 1 is 1.33 bits per heavy atom. The SMILES string of the molecule is c1cnc2[nH]cc(CNCCc3ncno3)c2c1. The Bertz CT molecular complexity index is 616. The van der Waals surface area contributed by atoms with Crippen LogP contribution in [-0.2, 0) is 13.0 Å². The smallest absolute Gasteiger partial charge is 0.227 e. The van der Waals surface area contributed by atoms with Crippen molar-refractivity contribution in [1.82, 2.24) is 25.4 Å². The first-order valence-electron chi connectivity index (χ1n) is 5.81. The minimum absolute atomic E-state index is 0.656. The highest BCUT2D eigenvalue weighted by Crippen LogP contribution is 2.14. The molecular formula is C12H13N5O. The van der Waals surface area contributed by atoms with Gasteiger partial charge in [0.2, 0.25) is 5.89 Å². The molecule has 0 aliphatic heterocycles. The minimum Gasteiger partial charge on any atom is -0.346 e. The number of nitrogens with one attached hydrogen (secondary N) is 2. The molecule has 6 heteroatoms. The molecule has 92 valence electrons. The van der Waals surface area contributed by atoms with Crippen LogP contribution in [-0.4, -0.2) is 26.7 Å². The van der Waals surface area contributed by atoms with Crippen LogP contribution in [0.1, 0.15) is 11.5 Å². The Kier molecular flexibility index (Phi) is 3.01. The number of fused-ring (bicyclic) bond motifs is 1. The molecule has 0 saturated heterocycles. The van der Waals surface area contributed by atoms with Crippen molar-refractivity contribution in [2.24, 2.45) is 0 Å². The number of aromatic nitrogens is 4.